The summed E-state index contributed by atoms with van der Waals surface area (Å²) < 4.78 is 5.85. The fraction of sp³-hybridized carbons (Fsp3) is 0.278. The van der Waals surface area contributed by atoms with Gasteiger partial charge >= 0.3 is 0 Å². The Morgan fingerprint density at radius 2 is 1.95 bits per heavy atom. The second-order valence-electron chi connectivity index (χ2n) is 5.51. The SMILES string of the molecule is CC1CN=C(NCc2cccc(OCc3ccccc3)c2)N1. The number of aliphatic imine (C=N–C) groups is 1. The van der Waals surface area contributed by atoms with E-state index < -0.39 is 0 Å². The number of nitrogens with zero attached hydrogens (tertiary/aromatic N) is 1. The molecule has 0 amide bonds. The molecule has 1 atom stereocenters. The fourth-order valence-corrected chi connectivity index (χ4v) is 2.33. The average molecular weight is 295 g/mol. The molecular formula is C18H21N3O. The third-order valence-electron chi connectivity index (χ3n) is 3.51. The van der Waals surface area contributed by atoms with Crippen molar-refractivity contribution in [1.29, 1.82) is 0 Å². The van der Waals surface area contributed by atoms with Crippen LogP contribution in [0.15, 0.2) is 59.6 Å². The van der Waals surface area contributed by atoms with Gasteiger partial charge in [0.05, 0.1) is 6.54 Å². The van der Waals surface area contributed by atoms with Crippen LogP contribution in [0.5, 0.6) is 5.75 Å². The molecule has 22 heavy (non-hydrogen) atoms. The first kappa shape index (κ1) is 14.4. The topological polar surface area (TPSA) is 45.7 Å². The van der Waals surface area contributed by atoms with Gasteiger partial charge in [0, 0.05) is 12.6 Å². The minimum absolute atomic E-state index is 0.419. The van der Waals surface area contributed by atoms with Crippen LogP contribution < -0.4 is 15.4 Å². The number of benzene rings is 2. The predicted octanol–water partition coefficient (Wildman–Crippen LogP) is 2.70. The zero-order valence-electron chi connectivity index (χ0n) is 12.8. The van der Waals surface area contributed by atoms with Gasteiger partial charge in [-0.2, -0.15) is 0 Å². The smallest absolute Gasteiger partial charge is 0.191 e. The number of hydrogen-bond donors (Lipinski definition) is 2. The van der Waals surface area contributed by atoms with Crippen molar-refractivity contribution in [3.63, 3.8) is 0 Å². The molecule has 0 spiro atoms. The Labute approximate surface area is 131 Å². The van der Waals surface area contributed by atoms with E-state index in [-0.39, 0.29) is 0 Å². The molecule has 0 radical (unpaired) electrons. The summed E-state index contributed by atoms with van der Waals surface area (Å²) in [6.45, 7) is 4.28. The van der Waals surface area contributed by atoms with Crippen molar-refractivity contribution in [3.05, 3.63) is 65.7 Å². The molecule has 3 rings (SSSR count). The maximum Gasteiger partial charge on any atom is 0.191 e. The van der Waals surface area contributed by atoms with Gasteiger partial charge in [-0.15, -0.1) is 0 Å². The fourth-order valence-electron chi connectivity index (χ4n) is 2.33. The molecule has 0 saturated heterocycles. The summed E-state index contributed by atoms with van der Waals surface area (Å²) in [4.78, 5) is 4.39. The third kappa shape index (κ3) is 4.01. The lowest BCUT2D eigenvalue weighted by atomic mass is 10.2. The number of nitrogens with one attached hydrogen (secondary N) is 2. The van der Waals surface area contributed by atoms with Crippen LogP contribution >= 0.6 is 0 Å². The molecule has 0 bridgehead atoms. The van der Waals surface area contributed by atoms with Crippen LogP contribution in [0.25, 0.3) is 0 Å². The highest BCUT2D eigenvalue weighted by Crippen LogP contribution is 2.15. The second kappa shape index (κ2) is 6.98. The molecule has 1 aliphatic rings. The molecule has 2 aromatic rings. The standard InChI is InChI=1S/C18H21N3O/c1-14-11-19-18(21-14)20-12-16-8-5-9-17(10-16)22-13-15-6-3-2-4-7-15/h2-10,14H,11-13H2,1H3,(H2,19,20,21). The van der Waals surface area contributed by atoms with Gasteiger partial charge in [0.25, 0.3) is 0 Å². The molecule has 0 fully saturated rings. The Kier molecular flexibility index (Phi) is 4.59. The summed E-state index contributed by atoms with van der Waals surface area (Å²) in [5, 5.41) is 6.61. The first-order valence-corrected chi connectivity index (χ1v) is 7.60. The van der Waals surface area contributed by atoms with Crippen molar-refractivity contribution >= 4 is 5.96 Å². The molecule has 0 aliphatic carbocycles. The van der Waals surface area contributed by atoms with Crippen LogP contribution in [0.1, 0.15) is 18.1 Å². The van der Waals surface area contributed by atoms with Gasteiger partial charge in [-0.1, -0.05) is 42.5 Å². The number of guanidine groups is 1. The van der Waals surface area contributed by atoms with E-state index in [0.29, 0.717) is 12.6 Å². The van der Waals surface area contributed by atoms with Gasteiger partial charge in [0.15, 0.2) is 5.96 Å². The molecule has 1 aliphatic heterocycles. The van der Waals surface area contributed by atoms with Gasteiger partial charge in [0.1, 0.15) is 12.4 Å². The first-order valence-electron chi connectivity index (χ1n) is 7.60. The van der Waals surface area contributed by atoms with Crippen LogP contribution in [0.3, 0.4) is 0 Å². The minimum atomic E-state index is 0.419. The molecule has 0 aromatic heterocycles. The van der Waals surface area contributed by atoms with E-state index in [0.717, 1.165) is 24.8 Å². The molecule has 1 heterocycles. The Morgan fingerprint density at radius 1 is 1.14 bits per heavy atom. The zero-order valence-corrected chi connectivity index (χ0v) is 12.8. The van der Waals surface area contributed by atoms with Crippen LogP contribution in [0.2, 0.25) is 0 Å². The van der Waals surface area contributed by atoms with Gasteiger partial charge in [-0.25, -0.2) is 0 Å². The minimum Gasteiger partial charge on any atom is -0.489 e. The zero-order chi connectivity index (χ0) is 15.2. The highest BCUT2D eigenvalue weighted by Gasteiger charge is 2.11. The Hall–Kier alpha value is -2.49. The van der Waals surface area contributed by atoms with Gasteiger partial charge in [-0.3, -0.25) is 4.99 Å². The van der Waals surface area contributed by atoms with Gasteiger partial charge in [0.2, 0.25) is 0 Å². The van der Waals surface area contributed by atoms with Crippen LogP contribution in [0.4, 0.5) is 0 Å². The lowest BCUT2D eigenvalue weighted by molar-refractivity contribution is 0.306. The summed E-state index contributed by atoms with van der Waals surface area (Å²) in [5.41, 5.74) is 2.35. The molecule has 4 nitrogen and oxygen atoms in total. The molecule has 2 N–H and O–H groups in total. The maximum atomic E-state index is 5.85. The Bertz CT molecular complexity index is 640. The number of hydrogen-bond acceptors (Lipinski definition) is 4. The van der Waals surface area contributed by atoms with Crippen molar-refractivity contribution in [3.8, 4) is 5.75 Å². The van der Waals surface area contributed by atoms with Crippen LogP contribution in [0, 0.1) is 0 Å². The number of ether oxygens (including phenoxy) is 1. The van der Waals surface area contributed by atoms with Crippen LogP contribution in [-0.4, -0.2) is 18.5 Å². The Morgan fingerprint density at radius 3 is 2.73 bits per heavy atom. The molecule has 1 unspecified atom stereocenters. The highest BCUT2D eigenvalue weighted by atomic mass is 16.5. The lowest BCUT2D eigenvalue weighted by Crippen LogP contribution is -2.37. The quantitative estimate of drug-likeness (QED) is 0.891. The molecule has 0 saturated carbocycles. The Balaban J connectivity index is 1.53. The molecule has 2 aromatic carbocycles. The van der Waals surface area contributed by atoms with Gasteiger partial charge in [-0.05, 0) is 30.2 Å². The molecule has 114 valence electrons. The molecular weight excluding hydrogens is 274 g/mol. The van der Waals surface area contributed by atoms with Crippen LogP contribution in [-0.2, 0) is 13.2 Å². The van der Waals surface area contributed by atoms with Crippen molar-refractivity contribution in [2.45, 2.75) is 26.1 Å². The van der Waals surface area contributed by atoms with E-state index in [9.17, 15) is 0 Å². The lowest BCUT2D eigenvalue weighted by Gasteiger charge is -2.11. The average Bonchev–Trinajstić information content (AvgIpc) is 2.98. The number of rotatable bonds is 5. The van der Waals surface area contributed by atoms with Crippen molar-refractivity contribution < 1.29 is 4.74 Å². The van der Waals surface area contributed by atoms with E-state index >= 15 is 0 Å². The third-order valence-corrected chi connectivity index (χ3v) is 3.51. The maximum absolute atomic E-state index is 5.85. The largest absolute Gasteiger partial charge is 0.489 e. The van der Waals surface area contributed by atoms with E-state index in [1.54, 1.807) is 0 Å². The summed E-state index contributed by atoms with van der Waals surface area (Å²) in [6.07, 6.45) is 0. The summed E-state index contributed by atoms with van der Waals surface area (Å²) in [5.74, 6) is 1.76. The summed E-state index contributed by atoms with van der Waals surface area (Å²) in [6, 6.07) is 18.8. The summed E-state index contributed by atoms with van der Waals surface area (Å²) in [7, 11) is 0. The van der Waals surface area contributed by atoms with E-state index in [1.165, 1.54) is 11.1 Å². The second-order valence-corrected chi connectivity index (χ2v) is 5.51. The monoisotopic (exact) mass is 295 g/mol. The molecule has 4 heteroatoms. The van der Waals surface area contributed by atoms with E-state index in [2.05, 4.69) is 46.8 Å². The first-order chi connectivity index (χ1) is 10.8. The van der Waals surface area contributed by atoms with Crippen molar-refractivity contribution in [1.82, 2.24) is 10.6 Å². The predicted molar refractivity (Wildman–Crippen MR) is 89.0 cm³/mol. The highest BCUT2D eigenvalue weighted by molar-refractivity contribution is 5.81. The van der Waals surface area contributed by atoms with E-state index in [4.69, 9.17) is 4.74 Å². The van der Waals surface area contributed by atoms with Crippen molar-refractivity contribution in [2.24, 2.45) is 4.99 Å². The summed E-state index contributed by atoms with van der Waals surface area (Å²) >= 11 is 0. The van der Waals surface area contributed by atoms with Gasteiger partial charge < -0.3 is 15.4 Å². The van der Waals surface area contributed by atoms with E-state index in [1.807, 2.05) is 30.3 Å². The van der Waals surface area contributed by atoms with Crippen molar-refractivity contribution in [2.75, 3.05) is 6.54 Å². The normalized spacial score (nSPS) is 16.8.